The van der Waals surface area contributed by atoms with Gasteiger partial charge in [-0.3, -0.25) is 0 Å². The van der Waals surface area contributed by atoms with Crippen LogP contribution >= 0.6 is 11.3 Å². The summed E-state index contributed by atoms with van der Waals surface area (Å²) in [6.45, 7) is 5.06. The van der Waals surface area contributed by atoms with E-state index in [9.17, 15) is 4.79 Å². The van der Waals surface area contributed by atoms with Crippen LogP contribution in [0.25, 0.3) is 0 Å². The largest absolute Gasteiger partial charge is 0.490 e. The molecular weight excluding hydrogens is 350 g/mol. The minimum Gasteiger partial charge on any atom is -0.490 e. The topological polar surface area (TPSA) is 54.0 Å². The second-order valence-corrected chi connectivity index (χ2v) is 7.34. The van der Waals surface area contributed by atoms with Gasteiger partial charge in [-0.1, -0.05) is 6.07 Å². The average Bonchev–Trinajstić information content (AvgIpc) is 3.12. The number of carbonyl (C=O) groups excluding carboxylic acids is 1. The number of nitrogens with one attached hydrogen (secondary N) is 1. The van der Waals surface area contributed by atoms with Crippen molar-refractivity contribution in [3.8, 4) is 11.5 Å². The number of thiophene rings is 1. The highest BCUT2D eigenvalue weighted by molar-refractivity contribution is 7.14. The van der Waals surface area contributed by atoms with Gasteiger partial charge in [-0.05, 0) is 35.2 Å². The van der Waals surface area contributed by atoms with Crippen LogP contribution in [0.5, 0.6) is 11.5 Å². The van der Waals surface area contributed by atoms with Crippen molar-refractivity contribution in [2.45, 2.75) is 13.0 Å². The molecular formula is C19H23N3O3S. The van der Waals surface area contributed by atoms with E-state index in [2.05, 4.69) is 27.7 Å². The lowest BCUT2D eigenvalue weighted by Gasteiger charge is -2.35. The Bertz CT molecular complexity index is 742. The fourth-order valence-corrected chi connectivity index (χ4v) is 3.97. The molecule has 3 heterocycles. The number of rotatable bonds is 3. The van der Waals surface area contributed by atoms with Crippen LogP contribution in [-0.2, 0) is 6.54 Å². The molecule has 26 heavy (non-hydrogen) atoms. The summed E-state index contributed by atoms with van der Waals surface area (Å²) in [5.41, 5.74) is 1.01. The van der Waals surface area contributed by atoms with Gasteiger partial charge in [-0.15, -0.1) is 11.3 Å². The number of amides is 2. The Morgan fingerprint density at radius 1 is 1.08 bits per heavy atom. The highest BCUT2D eigenvalue weighted by atomic mass is 32.1. The van der Waals surface area contributed by atoms with Crippen molar-refractivity contribution in [2.24, 2.45) is 0 Å². The first kappa shape index (κ1) is 17.0. The van der Waals surface area contributed by atoms with E-state index < -0.39 is 0 Å². The van der Waals surface area contributed by atoms with Crippen molar-refractivity contribution in [2.75, 3.05) is 44.3 Å². The van der Waals surface area contributed by atoms with E-state index in [1.807, 2.05) is 23.1 Å². The second-order valence-electron chi connectivity index (χ2n) is 6.42. The van der Waals surface area contributed by atoms with E-state index in [-0.39, 0.29) is 6.03 Å². The summed E-state index contributed by atoms with van der Waals surface area (Å²) in [6.07, 6.45) is 0.887. The zero-order chi connectivity index (χ0) is 17.8. The molecule has 0 bridgehead atoms. The standard InChI is InChI=1S/C19H23N3O3S/c23-19(22-8-6-21(7-9-22)18-3-1-12-26-18)20-14-15-4-5-16-17(13-15)25-11-2-10-24-16/h1,3-5,12-13H,2,6-11,14H2,(H,20,23). The molecule has 1 aromatic carbocycles. The number of benzene rings is 1. The third-order valence-electron chi connectivity index (χ3n) is 4.64. The molecule has 1 N–H and O–H groups in total. The number of hydrogen-bond acceptors (Lipinski definition) is 5. The van der Waals surface area contributed by atoms with E-state index in [1.165, 1.54) is 5.00 Å². The molecule has 7 heteroatoms. The van der Waals surface area contributed by atoms with Gasteiger partial charge in [0.25, 0.3) is 0 Å². The number of ether oxygens (including phenoxy) is 2. The molecule has 0 radical (unpaired) electrons. The summed E-state index contributed by atoms with van der Waals surface area (Å²) in [5.74, 6) is 1.54. The van der Waals surface area contributed by atoms with E-state index in [4.69, 9.17) is 9.47 Å². The summed E-state index contributed by atoms with van der Waals surface area (Å²) in [7, 11) is 0. The Morgan fingerprint density at radius 3 is 2.65 bits per heavy atom. The Morgan fingerprint density at radius 2 is 1.88 bits per heavy atom. The monoisotopic (exact) mass is 373 g/mol. The molecule has 6 nitrogen and oxygen atoms in total. The summed E-state index contributed by atoms with van der Waals surface area (Å²) in [4.78, 5) is 16.7. The van der Waals surface area contributed by atoms with Gasteiger partial charge in [-0.25, -0.2) is 4.79 Å². The van der Waals surface area contributed by atoms with Crippen molar-refractivity contribution in [1.82, 2.24) is 10.2 Å². The van der Waals surface area contributed by atoms with Gasteiger partial charge in [-0.2, -0.15) is 0 Å². The van der Waals surface area contributed by atoms with Crippen LogP contribution in [-0.4, -0.2) is 50.3 Å². The summed E-state index contributed by atoms with van der Waals surface area (Å²) >= 11 is 1.74. The maximum absolute atomic E-state index is 12.5. The average molecular weight is 373 g/mol. The SMILES string of the molecule is O=C(NCc1ccc2c(c1)OCCCO2)N1CCN(c2cccs2)CC1. The van der Waals surface area contributed by atoms with Gasteiger partial charge < -0.3 is 24.6 Å². The van der Waals surface area contributed by atoms with Crippen LogP contribution < -0.4 is 19.7 Å². The minimum atomic E-state index is -0.0112. The lowest BCUT2D eigenvalue weighted by atomic mass is 10.2. The van der Waals surface area contributed by atoms with Crippen LogP contribution in [0.2, 0.25) is 0 Å². The van der Waals surface area contributed by atoms with Crippen LogP contribution in [0.15, 0.2) is 35.7 Å². The molecule has 2 aliphatic rings. The molecule has 2 amide bonds. The molecule has 4 rings (SSSR count). The number of piperazine rings is 1. The molecule has 1 aromatic heterocycles. The fourth-order valence-electron chi connectivity index (χ4n) is 3.19. The molecule has 0 unspecified atom stereocenters. The quantitative estimate of drug-likeness (QED) is 0.899. The van der Waals surface area contributed by atoms with Gasteiger partial charge in [0.05, 0.1) is 18.2 Å². The van der Waals surface area contributed by atoms with Crippen LogP contribution in [0.3, 0.4) is 0 Å². The number of carbonyl (C=O) groups is 1. The fraction of sp³-hybridized carbons (Fsp3) is 0.421. The Balaban J connectivity index is 1.28. The number of anilines is 1. The first-order valence-corrected chi connectivity index (χ1v) is 9.87. The number of fused-ring (bicyclic) bond motifs is 1. The lowest BCUT2D eigenvalue weighted by molar-refractivity contribution is 0.194. The molecule has 1 saturated heterocycles. The zero-order valence-electron chi connectivity index (χ0n) is 14.6. The van der Waals surface area contributed by atoms with Crippen molar-refractivity contribution in [3.63, 3.8) is 0 Å². The van der Waals surface area contributed by atoms with Gasteiger partial charge in [0.2, 0.25) is 0 Å². The van der Waals surface area contributed by atoms with Gasteiger partial charge >= 0.3 is 6.03 Å². The predicted molar refractivity (Wildman–Crippen MR) is 102 cm³/mol. The smallest absolute Gasteiger partial charge is 0.317 e. The molecule has 138 valence electrons. The van der Waals surface area contributed by atoms with Crippen molar-refractivity contribution >= 4 is 22.4 Å². The number of nitrogens with zero attached hydrogens (tertiary/aromatic N) is 2. The van der Waals surface area contributed by atoms with E-state index >= 15 is 0 Å². The van der Waals surface area contributed by atoms with E-state index in [0.29, 0.717) is 19.8 Å². The first-order chi connectivity index (χ1) is 12.8. The third kappa shape index (κ3) is 3.88. The number of hydrogen-bond donors (Lipinski definition) is 1. The minimum absolute atomic E-state index is 0.0112. The van der Waals surface area contributed by atoms with Crippen molar-refractivity contribution in [1.29, 1.82) is 0 Å². The Labute approximate surface area is 157 Å². The van der Waals surface area contributed by atoms with Crippen molar-refractivity contribution in [3.05, 3.63) is 41.3 Å². The number of urea groups is 1. The first-order valence-electron chi connectivity index (χ1n) is 8.99. The van der Waals surface area contributed by atoms with E-state index in [0.717, 1.165) is 49.7 Å². The summed E-state index contributed by atoms with van der Waals surface area (Å²) in [5, 5.41) is 6.38. The van der Waals surface area contributed by atoms with Crippen LogP contribution in [0.4, 0.5) is 9.80 Å². The van der Waals surface area contributed by atoms with Crippen LogP contribution in [0.1, 0.15) is 12.0 Å². The summed E-state index contributed by atoms with van der Waals surface area (Å²) in [6, 6.07) is 10.0. The van der Waals surface area contributed by atoms with Gasteiger partial charge in [0, 0.05) is 39.1 Å². The highest BCUT2D eigenvalue weighted by Crippen LogP contribution is 2.30. The predicted octanol–water partition coefficient (Wildman–Crippen LogP) is 2.94. The Hall–Kier alpha value is -2.41. The molecule has 2 aromatic rings. The molecule has 2 aliphatic heterocycles. The highest BCUT2D eigenvalue weighted by Gasteiger charge is 2.21. The maximum Gasteiger partial charge on any atom is 0.317 e. The van der Waals surface area contributed by atoms with Gasteiger partial charge in [0.1, 0.15) is 0 Å². The van der Waals surface area contributed by atoms with E-state index in [1.54, 1.807) is 11.3 Å². The summed E-state index contributed by atoms with van der Waals surface area (Å²) < 4.78 is 11.3. The second kappa shape index (κ2) is 7.86. The zero-order valence-corrected chi connectivity index (χ0v) is 15.5. The molecule has 0 aliphatic carbocycles. The lowest BCUT2D eigenvalue weighted by Crippen LogP contribution is -2.51. The normalized spacial score (nSPS) is 16.9. The van der Waals surface area contributed by atoms with Crippen molar-refractivity contribution < 1.29 is 14.3 Å². The Kier molecular flexibility index (Phi) is 5.15. The van der Waals surface area contributed by atoms with Crippen LogP contribution in [0, 0.1) is 0 Å². The van der Waals surface area contributed by atoms with Gasteiger partial charge in [0.15, 0.2) is 11.5 Å². The maximum atomic E-state index is 12.5. The third-order valence-corrected chi connectivity index (χ3v) is 5.57. The molecule has 0 spiro atoms. The molecule has 1 fully saturated rings. The molecule has 0 atom stereocenters. The molecule has 0 saturated carbocycles.